The van der Waals surface area contributed by atoms with Crippen molar-refractivity contribution < 1.29 is 4.74 Å². The molecule has 2 aromatic rings. The summed E-state index contributed by atoms with van der Waals surface area (Å²) in [6.45, 7) is 2.44. The van der Waals surface area contributed by atoms with E-state index < -0.39 is 0 Å². The van der Waals surface area contributed by atoms with Gasteiger partial charge in [-0.3, -0.25) is 9.88 Å². The normalized spacial score (nSPS) is 22.2. The Hall–Kier alpha value is -1.87. The van der Waals surface area contributed by atoms with Crippen molar-refractivity contribution in [1.29, 1.82) is 0 Å². The lowest BCUT2D eigenvalue weighted by Crippen LogP contribution is -2.40. The monoisotopic (exact) mass is 336 g/mol. The summed E-state index contributed by atoms with van der Waals surface area (Å²) in [6, 6.07) is 15.4. The number of hydrogen-bond acceptors (Lipinski definition) is 3. The van der Waals surface area contributed by atoms with Gasteiger partial charge < -0.3 is 4.74 Å². The summed E-state index contributed by atoms with van der Waals surface area (Å²) in [5.74, 6) is 1.45. The van der Waals surface area contributed by atoms with E-state index in [0.717, 1.165) is 23.0 Å². The lowest BCUT2D eigenvalue weighted by Gasteiger charge is -2.36. The number of ether oxygens (including phenoxy) is 1. The van der Waals surface area contributed by atoms with E-state index >= 15 is 0 Å². The van der Waals surface area contributed by atoms with Crippen LogP contribution in [0.2, 0.25) is 0 Å². The van der Waals surface area contributed by atoms with E-state index in [1.165, 1.54) is 57.3 Å². The molecule has 0 spiro atoms. The van der Waals surface area contributed by atoms with Gasteiger partial charge in [-0.05, 0) is 56.5 Å². The van der Waals surface area contributed by atoms with Crippen molar-refractivity contribution in [2.75, 3.05) is 20.2 Å². The average molecular weight is 336 g/mol. The zero-order chi connectivity index (χ0) is 17.1. The van der Waals surface area contributed by atoms with Gasteiger partial charge in [-0.1, -0.05) is 31.0 Å². The summed E-state index contributed by atoms with van der Waals surface area (Å²) in [7, 11) is 1.73. The standard InChI is InChI=1S/C22H28N2O/c1-25-22-14-5-4-11-19(22)21-13-6-12-20(23-21)17-8-7-15-24(16-17)18-9-2-3-10-18/h4-6,11-14,17-18H,2-3,7-10,15-16H2,1H3/t17-/m0/s1. The summed E-state index contributed by atoms with van der Waals surface area (Å²) < 4.78 is 5.52. The number of piperidine rings is 1. The minimum absolute atomic E-state index is 0.559. The number of rotatable bonds is 4. The molecular formula is C22H28N2O. The molecule has 132 valence electrons. The van der Waals surface area contributed by atoms with E-state index in [1.54, 1.807) is 7.11 Å². The van der Waals surface area contributed by atoms with Gasteiger partial charge in [0.05, 0.1) is 12.8 Å². The van der Waals surface area contributed by atoms with Crippen LogP contribution in [0.25, 0.3) is 11.3 Å². The third-order valence-corrected chi connectivity index (χ3v) is 5.87. The zero-order valence-corrected chi connectivity index (χ0v) is 15.2. The summed E-state index contributed by atoms with van der Waals surface area (Å²) in [5, 5.41) is 0. The topological polar surface area (TPSA) is 25.4 Å². The second-order valence-corrected chi connectivity index (χ2v) is 7.42. The molecule has 1 atom stereocenters. The zero-order valence-electron chi connectivity index (χ0n) is 15.2. The molecule has 2 aliphatic rings. The fourth-order valence-corrected chi connectivity index (χ4v) is 4.53. The van der Waals surface area contributed by atoms with Gasteiger partial charge in [0.2, 0.25) is 0 Å². The first-order chi connectivity index (χ1) is 12.3. The Balaban J connectivity index is 1.56. The molecule has 0 N–H and O–H groups in total. The van der Waals surface area contributed by atoms with Crippen LogP contribution in [-0.4, -0.2) is 36.1 Å². The number of pyridine rings is 1. The minimum Gasteiger partial charge on any atom is -0.496 e. The molecule has 0 amide bonds. The highest BCUT2D eigenvalue weighted by atomic mass is 16.5. The average Bonchev–Trinajstić information content (AvgIpc) is 3.23. The molecule has 1 aliphatic heterocycles. The van der Waals surface area contributed by atoms with E-state index in [1.807, 2.05) is 12.1 Å². The summed E-state index contributed by atoms with van der Waals surface area (Å²) in [5.41, 5.74) is 3.34. The predicted molar refractivity (Wildman–Crippen MR) is 102 cm³/mol. The number of hydrogen-bond donors (Lipinski definition) is 0. The Morgan fingerprint density at radius 1 is 0.960 bits per heavy atom. The van der Waals surface area contributed by atoms with E-state index in [9.17, 15) is 0 Å². The van der Waals surface area contributed by atoms with Crippen molar-refractivity contribution in [3.8, 4) is 17.0 Å². The Kier molecular flexibility index (Phi) is 5.02. The van der Waals surface area contributed by atoms with Crippen LogP contribution in [0.1, 0.15) is 50.1 Å². The second kappa shape index (κ2) is 7.57. The van der Waals surface area contributed by atoms with Gasteiger partial charge in [-0.25, -0.2) is 0 Å². The number of benzene rings is 1. The highest BCUT2D eigenvalue weighted by Gasteiger charge is 2.29. The molecule has 3 nitrogen and oxygen atoms in total. The Bertz CT molecular complexity index is 709. The molecule has 1 aliphatic carbocycles. The molecule has 1 aromatic carbocycles. The van der Waals surface area contributed by atoms with Gasteiger partial charge in [0.1, 0.15) is 5.75 Å². The fraction of sp³-hybridized carbons (Fsp3) is 0.500. The molecule has 4 rings (SSSR count). The maximum atomic E-state index is 5.52. The van der Waals surface area contributed by atoms with Crippen molar-refractivity contribution in [3.63, 3.8) is 0 Å². The smallest absolute Gasteiger partial charge is 0.128 e. The summed E-state index contributed by atoms with van der Waals surface area (Å²) in [6.07, 6.45) is 8.15. The van der Waals surface area contributed by atoms with Gasteiger partial charge in [0, 0.05) is 29.8 Å². The Labute approximate surface area is 151 Å². The van der Waals surface area contributed by atoms with E-state index in [-0.39, 0.29) is 0 Å². The van der Waals surface area contributed by atoms with Crippen molar-refractivity contribution in [3.05, 3.63) is 48.2 Å². The van der Waals surface area contributed by atoms with Crippen LogP contribution in [0.5, 0.6) is 5.75 Å². The van der Waals surface area contributed by atoms with Crippen molar-refractivity contribution in [2.45, 2.75) is 50.5 Å². The number of nitrogens with zero attached hydrogens (tertiary/aromatic N) is 2. The molecule has 1 aromatic heterocycles. The van der Waals surface area contributed by atoms with Crippen LogP contribution in [0.3, 0.4) is 0 Å². The number of aromatic nitrogens is 1. The highest BCUT2D eigenvalue weighted by Crippen LogP contribution is 2.33. The van der Waals surface area contributed by atoms with E-state index in [0.29, 0.717) is 5.92 Å². The molecule has 1 saturated carbocycles. The second-order valence-electron chi connectivity index (χ2n) is 7.42. The SMILES string of the molecule is COc1ccccc1-c1cccc([C@H]2CCCN(C3CCCC3)C2)n1. The number of methoxy groups -OCH3 is 1. The van der Waals surface area contributed by atoms with Crippen molar-refractivity contribution >= 4 is 0 Å². The minimum atomic E-state index is 0.559. The number of para-hydroxylation sites is 1. The van der Waals surface area contributed by atoms with Gasteiger partial charge >= 0.3 is 0 Å². The van der Waals surface area contributed by atoms with Gasteiger partial charge in [-0.2, -0.15) is 0 Å². The van der Waals surface area contributed by atoms with E-state index in [4.69, 9.17) is 9.72 Å². The van der Waals surface area contributed by atoms with Gasteiger partial charge in [0.15, 0.2) is 0 Å². The first-order valence-electron chi connectivity index (χ1n) is 9.69. The van der Waals surface area contributed by atoms with Crippen molar-refractivity contribution in [2.24, 2.45) is 0 Å². The predicted octanol–water partition coefficient (Wildman–Crippen LogP) is 4.88. The van der Waals surface area contributed by atoms with Crippen LogP contribution in [0.4, 0.5) is 0 Å². The quantitative estimate of drug-likeness (QED) is 0.796. The first kappa shape index (κ1) is 16.6. The Morgan fingerprint density at radius 3 is 2.64 bits per heavy atom. The number of likely N-dealkylation sites (tertiary alicyclic amines) is 1. The molecule has 0 bridgehead atoms. The van der Waals surface area contributed by atoms with Gasteiger partial charge in [0.25, 0.3) is 0 Å². The summed E-state index contributed by atoms with van der Waals surface area (Å²) in [4.78, 5) is 7.76. The Morgan fingerprint density at radius 2 is 1.80 bits per heavy atom. The lowest BCUT2D eigenvalue weighted by atomic mass is 9.92. The maximum absolute atomic E-state index is 5.52. The molecule has 3 heteroatoms. The van der Waals surface area contributed by atoms with Crippen LogP contribution < -0.4 is 4.74 Å². The van der Waals surface area contributed by atoms with Gasteiger partial charge in [-0.15, -0.1) is 0 Å². The molecule has 2 fully saturated rings. The van der Waals surface area contributed by atoms with E-state index in [2.05, 4.69) is 35.2 Å². The molecule has 25 heavy (non-hydrogen) atoms. The molecular weight excluding hydrogens is 308 g/mol. The van der Waals surface area contributed by atoms with Crippen molar-refractivity contribution in [1.82, 2.24) is 9.88 Å². The highest BCUT2D eigenvalue weighted by molar-refractivity contribution is 5.67. The molecule has 0 radical (unpaired) electrons. The third-order valence-electron chi connectivity index (χ3n) is 5.87. The van der Waals surface area contributed by atoms with Crippen LogP contribution >= 0.6 is 0 Å². The lowest BCUT2D eigenvalue weighted by molar-refractivity contribution is 0.149. The van der Waals surface area contributed by atoms with Crippen LogP contribution in [0, 0.1) is 0 Å². The summed E-state index contributed by atoms with van der Waals surface area (Å²) >= 11 is 0. The molecule has 1 saturated heterocycles. The first-order valence-corrected chi connectivity index (χ1v) is 9.69. The molecule has 2 heterocycles. The molecule has 0 unspecified atom stereocenters. The van der Waals surface area contributed by atoms with Crippen LogP contribution in [-0.2, 0) is 0 Å². The fourth-order valence-electron chi connectivity index (χ4n) is 4.53. The van der Waals surface area contributed by atoms with Crippen LogP contribution in [0.15, 0.2) is 42.5 Å². The largest absolute Gasteiger partial charge is 0.496 e. The third kappa shape index (κ3) is 3.57. The maximum Gasteiger partial charge on any atom is 0.128 e.